The summed E-state index contributed by atoms with van der Waals surface area (Å²) in [6.07, 6.45) is 3.41. The Labute approximate surface area is 129 Å². The maximum absolute atomic E-state index is 5.59. The Morgan fingerprint density at radius 2 is 2.10 bits per heavy atom. The first-order valence-electron chi connectivity index (χ1n) is 8.49. The topological polar surface area (TPSA) is 24.5 Å². The highest BCUT2D eigenvalue weighted by Gasteiger charge is 2.15. The minimum atomic E-state index is 0.455. The van der Waals surface area contributed by atoms with Gasteiger partial charge in [-0.3, -0.25) is 0 Å². The number of ether oxygens (including phenoxy) is 1. The van der Waals surface area contributed by atoms with Crippen LogP contribution < -0.4 is 10.1 Å². The number of likely N-dealkylation sites (N-methyl/N-ethyl adjacent to an activating group) is 1. The third kappa shape index (κ3) is 4.45. The fourth-order valence-electron chi connectivity index (χ4n) is 3.06. The van der Waals surface area contributed by atoms with Gasteiger partial charge in [-0.2, -0.15) is 0 Å². The van der Waals surface area contributed by atoms with Crippen molar-refractivity contribution in [2.24, 2.45) is 0 Å². The van der Waals surface area contributed by atoms with Crippen molar-refractivity contribution in [2.75, 3.05) is 32.8 Å². The lowest BCUT2D eigenvalue weighted by Gasteiger charge is -2.23. The average Bonchev–Trinajstić information content (AvgIpc) is 2.98. The number of benzene rings is 1. The molecule has 0 bridgehead atoms. The minimum Gasteiger partial charge on any atom is -0.493 e. The van der Waals surface area contributed by atoms with Crippen LogP contribution in [0.25, 0.3) is 0 Å². The Bertz CT molecular complexity index is 433. The molecule has 1 unspecified atom stereocenters. The predicted molar refractivity (Wildman–Crippen MR) is 89.1 cm³/mol. The number of fused-ring (bicyclic) bond motifs is 1. The minimum absolute atomic E-state index is 0.455. The van der Waals surface area contributed by atoms with Crippen LogP contribution in [0.15, 0.2) is 18.2 Å². The van der Waals surface area contributed by atoms with E-state index in [0.717, 1.165) is 44.8 Å². The molecule has 3 heteroatoms. The highest BCUT2D eigenvalue weighted by molar-refractivity contribution is 5.40. The zero-order valence-corrected chi connectivity index (χ0v) is 13.8. The van der Waals surface area contributed by atoms with Gasteiger partial charge in [-0.15, -0.1) is 0 Å². The van der Waals surface area contributed by atoms with Crippen LogP contribution in [-0.4, -0.2) is 37.7 Å². The van der Waals surface area contributed by atoms with Gasteiger partial charge in [0, 0.05) is 25.6 Å². The van der Waals surface area contributed by atoms with Crippen molar-refractivity contribution in [1.82, 2.24) is 10.2 Å². The van der Waals surface area contributed by atoms with Crippen LogP contribution in [0.1, 0.15) is 50.8 Å². The Balaban J connectivity index is 1.88. The lowest BCUT2D eigenvalue weighted by atomic mass is 10.0. The summed E-state index contributed by atoms with van der Waals surface area (Å²) >= 11 is 0. The van der Waals surface area contributed by atoms with Crippen molar-refractivity contribution in [3.8, 4) is 5.75 Å². The molecule has 1 N–H and O–H groups in total. The molecule has 1 aliphatic heterocycles. The fourth-order valence-corrected chi connectivity index (χ4v) is 3.06. The summed E-state index contributed by atoms with van der Waals surface area (Å²) in [6.45, 7) is 12.1. The Hall–Kier alpha value is -1.06. The highest BCUT2D eigenvalue weighted by Crippen LogP contribution is 2.28. The molecular formula is C18H30N2O. The van der Waals surface area contributed by atoms with Gasteiger partial charge in [-0.25, -0.2) is 0 Å². The van der Waals surface area contributed by atoms with Gasteiger partial charge in [0.2, 0.25) is 0 Å². The van der Waals surface area contributed by atoms with Crippen molar-refractivity contribution < 1.29 is 4.74 Å². The third-order valence-corrected chi connectivity index (χ3v) is 4.33. The Kier molecular flexibility index (Phi) is 6.52. The summed E-state index contributed by atoms with van der Waals surface area (Å²) in [7, 11) is 0. The lowest BCUT2D eigenvalue weighted by Crippen LogP contribution is -2.34. The molecule has 1 aromatic rings. The second kappa shape index (κ2) is 8.40. The highest BCUT2D eigenvalue weighted by atomic mass is 16.5. The second-order valence-electron chi connectivity index (χ2n) is 5.81. The molecule has 118 valence electrons. The summed E-state index contributed by atoms with van der Waals surface area (Å²) in [4.78, 5) is 2.51. The maximum Gasteiger partial charge on any atom is 0.122 e. The molecule has 0 radical (unpaired) electrons. The Morgan fingerprint density at radius 1 is 1.24 bits per heavy atom. The lowest BCUT2D eigenvalue weighted by molar-refractivity contribution is 0.282. The van der Waals surface area contributed by atoms with E-state index in [0.29, 0.717) is 6.04 Å². The molecule has 2 rings (SSSR count). The summed E-state index contributed by atoms with van der Waals surface area (Å²) in [5.41, 5.74) is 2.77. The van der Waals surface area contributed by atoms with E-state index in [2.05, 4.69) is 49.2 Å². The SMILES string of the molecule is CCCN(CC)CCNC(CC)c1ccc2c(c1)CCO2. The van der Waals surface area contributed by atoms with Crippen LogP contribution in [0.5, 0.6) is 5.75 Å². The molecule has 0 aliphatic carbocycles. The molecule has 0 aromatic heterocycles. The summed E-state index contributed by atoms with van der Waals surface area (Å²) < 4.78 is 5.59. The Morgan fingerprint density at radius 3 is 2.81 bits per heavy atom. The second-order valence-corrected chi connectivity index (χ2v) is 5.81. The molecule has 1 aliphatic rings. The van der Waals surface area contributed by atoms with Gasteiger partial charge in [0.05, 0.1) is 6.61 Å². The first-order valence-corrected chi connectivity index (χ1v) is 8.49. The van der Waals surface area contributed by atoms with Gasteiger partial charge in [-0.05, 0) is 43.1 Å². The molecule has 1 heterocycles. The molecule has 0 fully saturated rings. The van der Waals surface area contributed by atoms with Crippen LogP contribution >= 0.6 is 0 Å². The van der Waals surface area contributed by atoms with Crippen molar-refractivity contribution in [1.29, 1.82) is 0 Å². The largest absolute Gasteiger partial charge is 0.493 e. The van der Waals surface area contributed by atoms with E-state index in [1.165, 1.54) is 24.1 Å². The first kappa shape index (κ1) is 16.3. The van der Waals surface area contributed by atoms with Crippen LogP contribution in [0, 0.1) is 0 Å². The van der Waals surface area contributed by atoms with Crippen LogP contribution in [-0.2, 0) is 6.42 Å². The monoisotopic (exact) mass is 290 g/mol. The molecule has 0 spiro atoms. The average molecular weight is 290 g/mol. The molecule has 0 saturated heterocycles. The van der Waals surface area contributed by atoms with E-state index < -0.39 is 0 Å². The van der Waals surface area contributed by atoms with Crippen LogP contribution in [0.2, 0.25) is 0 Å². The van der Waals surface area contributed by atoms with Gasteiger partial charge in [-0.1, -0.05) is 32.9 Å². The van der Waals surface area contributed by atoms with E-state index in [1.54, 1.807) is 0 Å². The predicted octanol–water partition coefficient (Wildman–Crippen LogP) is 3.39. The molecule has 1 aromatic carbocycles. The molecule has 0 amide bonds. The van der Waals surface area contributed by atoms with Crippen LogP contribution in [0.3, 0.4) is 0 Å². The molecule has 21 heavy (non-hydrogen) atoms. The van der Waals surface area contributed by atoms with Crippen molar-refractivity contribution >= 4 is 0 Å². The normalized spacial score (nSPS) is 15.0. The zero-order valence-electron chi connectivity index (χ0n) is 13.8. The number of rotatable bonds is 9. The van der Waals surface area contributed by atoms with E-state index in [4.69, 9.17) is 4.74 Å². The van der Waals surface area contributed by atoms with E-state index in [1.807, 2.05) is 0 Å². The van der Waals surface area contributed by atoms with Crippen molar-refractivity contribution in [2.45, 2.75) is 46.1 Å². The first-order chi connectivity index (χ1) is 10.3. The quantitative estimate of drug-likeness (QED) is 0.754. The molecule has 0 saturated carbocycles. The molecular weight excluding hydrogens is 260 g/mol. The number of nitrogens with one attached hydrogen (secondary N) is 1. The van der Waals surface area contributed by atoms with E-state index in [-0.39, 0.29) is 0 Å². The number of hydrogen-bond acceptors (Lipinski definition) is 3. The number of nitrogens with zero attached hydrogens (tertiary/aromatic N) is 1. The molecule has 3 nitrogen and oxygen atoms in total. The number of hydrogen-bond donors (Lipinski definition) is 1. The van der Waals surface area contributed by atoms with Gasteiger partial charge in [0.25, 0.3) is 0 Å². The summed E-state index contributed by atoms with van der Waals surface area (Å²) in [6, 6.07) is 7.13. The summed E-state index contributed by atoms with van der Waals surface area (Å²) in [5, 5.41) is 3.72. The fraction of sp³-hybridized carbons (Fsp3) is 0.667. The van der Waals surface area contributed by atoms with Gasteiger partial charge in [0.1, 0.15) is 5.75 Å². The molecule has 1 atom stereocenters. The zero-order chi connectivity index (χ0) is 15.1. The van der Waals surface area contributed by atoms with E-state index in [9.17, 15) is 0 Å². The standard InChI is InChI=1S/C18H30N2O/c1-4-11-20(6-3)12-10-19-17(5-2)15-7-8-18-16(14-15)9-13-21-18/h7-8,14,17,19H,4-6,9-13H2,1-3H3. The van der Waals surface area contributed by atoms with Crippen molar-refractivity contribution in [3.05, 3.63) is 29.3 Å². The van der Waals surface area contributed by atoms with Gasteiger partial charge >= 0.3 is 0 Å². The van der Waals surface area contributed by atoms with Gasteiger partial charge < -0.3 is 15.0 Å². The maximum atomic E-state index is 5.59. The van der Waals surface area contributed by atoms with Crippen molar-refractivity contribution in [3.63, 3.8) is 0 Å². The summed E-state index contributed by atoms with van der Waals surface area (Å²) in [5.74, 6) is 1.08. The van der Waals surface area contributed by atoms with Crippen LogP contribution in [0.4, 0.5) is 0 Å². The van der Waals surface area contributed by atoms with E-state index >= 15 is 0 Å². The smallest absolute Gasteiger partial charge is 0.122 e. The third-order valence-electron chi connectivity index (χ3n) is 4.33. The van der Waals surface area contributed by atoms with Gasteiger partial charge in [0.15, 0.2) is 0 Å².